The van der Waals surface area contributed by atoms with E-state index in [0.717, 1.165) is 0 Å². The highest BCUT2D eigenvalue weighted by molar-refractivity contribution is 7.80. The second kappa shape index (κ2) is 8.53. The Bertz CT molecular complexity index is 868. The van der Waals surface area contributed by atoms with E-state index in [-0.39, 0.29) is 22.2 Å². The summed E-state index contributed by atoms with van der Waals surface area (Å²) in [7, 11) is 0. The molecule has 0 bridgehead atoms. The molecule has 136 valence electrons. The minimum atomic E-state index is -0.528. The van der Waals surface area contributed by atoms with Crippen molar-refractivity contribution in [1.29, 1.82) is 0 Å². The van der Waals surface area contributed by atoms with Gasteiger partial charge in [-0.25, -0.2) is 8.78 Å². The fourth-order valence-corrected chi connectivity index (χ4v) is 2.46. The first-order valence-corrected chi connectivity index (χ1v) is 8.26. The molecule has 2 aromatic carbocycles. The molecule has 0 fully saturated rings. The zero-order chi connectivity index (χ0) is 19.3. The average molecular weight is 375 g/mol. The Morgan fingerprint density at radius 1 is 1.12 bits per heavy atom. The van der Waals surface area contributed by atoms with Crippen LogP contribution < -0.4 is 16.0 Å². The van der Waals surface area contributed by atoms with Gasteiger partial charge in [-0.15, -0.1) is 6.58 Å². The predicted molar refractivity (Wildman–Crippen MR) is 105 cm³/mol. The number of halogens is 2. The molecular weight excluding hydrogens is 356 g/mol. The minimum Gasteiger partial charge on any atom is -0.359 e. The third kappa shape index (κ3) is 4.86. The van der Waals surface area contributed by atoms with Crippen LogP contribution in [0.1, 0.15) is 21.5 Å². The van der Waals surface area contributed by atoms with Gasteiger partial charge in [0.05, 0.1) is 5.69 Å². The number of rotatable bonds is 5. The monoisotopic (exact) mass is 375 g/mol. The quantitative estimate of drug-likeness (QED) is 0.539. The summed E-state index contributed by atoms with van der Waals surface area (Å²) in [6.07, 6.45) is 1.61. The molecule has 2 aromatic rings. The standard InChI is InChI=1S/C19H19F2N3OS/c1-4-7-22-19(26)24-17-10-14(11(2)9-16(17)21)18(25)23-13-5-6-15(20)12(3)8-13/h4-6,8-10H,1,7H2,2-3H3,(H,23,25)(H2,22,24,26). The molecular formula is C19H19F2N3OS. The summed E-state index contributed by atoms with van der Waals surface area (Å²) in [5.41, 5.74) is 1.70. The number of aryl methyl sites for hydroxylation is 2. The van der Waals surface area contributed by atoms with Gasteiger partial charge in [0.25, 0.3) is 5.91 Å². The van der Waals surface area contributed by atoms with Gasteiger partial charge in [0, 0.05) is 17.8 Å². The molecule has 0 spiro atoms. The van der Waals surface area contributed by atoms with Gasteiger partial charge in [-0.1, -0.05) is 6.08 Å². The summed E-state index contributed by atoms with van der Waals surface area (Å²) in [4.78, 5) is 12.5. The molecule has 0 heterocycles. The Morgan fingerprint density at radius 3 is 2.50 bits per heavy atom. The van der Waals surface area contributed by atoms with E-state index >= 15 is 0 Å². The number of anilines is 2. The van der Waals surface area contributed by atoms with Gasteiger partial charge in [-0.05, 0) is 67.5 Å². The zero-order valence-electron chi connectivity index (χ0n) is 14.5. The number of benzene rings is 2. The van der Waals surface area contributed by atoms with Gasteiger partial charge in [-0.2, -0.15) is 0 Å². The number of carbonyl (C=O) groups excluding carboxylic acids is 1. The lowest BCUT2D eigenvalue weighted by molar-refractivity contribution is 0.102. The van der Waals surface area contributed by atoms with Crippen LogP contribution in [0.5, 0.6) is 0 Å². The first-order valence-electron chi connectivity index (χ1n) is 7.85. The smallest absolute Gasteiger partial charge is 0.256 e. The maximum absolute atomic E-state index is 14.2. The number of hydrogen-bond donors (Lipinski definition) is 3. The van der Waals surface area contributed by atoms with Gasteiger partial charge in [0.15, 0.2) is 5.11 Å². The second-order valence-electron chi connectivity index (χ2n) is 5.69. The topological polar surface area (TPSA) is 53.2 Å². The molecule has 0 unspecified atom stereocenters. The SMILES string of the molecule is C=CCNC(=S)Nc1cc(C(=O)Nc2ccc(F)c(C)c2)c(C)cc1F. The van der Waals surface area contributed by atoms with Crippen molar-refractivity contribution in [3.8, 4) is 0 Å². The van der Waals surface area contributed by atoms with Crippen LogP contribution in [-0.2, 0) is 0 Å². The van der Waals surface area contributed by atoms with E-state index in [0.29, 0.717) is 23.4 Å². The first kappa shape index (κ1) is 19.5. The maximum Gasteiger partial charge on any atom is 0.256 e. The highest BCUT2D eigenvalue weighted by atomic mass is 32.1. The number of carbonyl (C=O) groups is 1. The van der Waals surface area contributed by atoms with Crippen LogP contribution in [0, 0.1) is 25.5 Å². The van der Waals surface area contributed by atoms with Gasteiger partial charge in [0.1, 0.15) is 11.6 Å². The summed E-state index contributed by atoms with van der Waals surface area (Å²) in [5, 5.41) is 8.44. The first-order chi connectivity index (χ1) is 12.3. The van der Waals surface area contributed by atoms with E-state index in [2.05, 4.69) is 22.5 Å². The largest absolute Gasteiger partial charge is 0.359 e. The molecule has 0 aliphatic rings. The van der Waals surface area contributed by atoms with Gasteiger partial charge in [-0.3, -0.25) is 4.79 Å². The fraction of sp³-hybridized carbons (Fsp3) is 0.158. The van der Waals surface area contributed by atoms with Gasteiger partial charge < -0.3 is 16.0 Å². The van der Waals surface area contributed by atoms with Crippen molar-refractivity contribution >= 4 is 34.6 Å². The summed E-state index contributed by atoms with van der Waals surface area (Å²) in [6, 6.07) is 6.91. The maximum atomic E-state index is 14.2. The van der Waals surface area contributed by atoms with E-state index in [1.807, 2.05) is 0 Å². The number of nitrogens with one attached hydrogen (secondary N) is 3. The van der Waals surface area contributed by atoms with E-state index in [4.69, 9.17) is 12.2 Å². The summed E-state index contributed by atoms with van der Waals surface area (Å²) in [5.74, 6) is -1.31. The number of amides is 1. The van der Waals surface area contributed by atoms with Crippen molar-refractivity contribution in [1.82, 2.24) is 5.32 Å². The molecule has 2 rings (SSSR count). The summed E-state index contributed by atoms with van der Waals surface area (Å²) in [6.45, 7) is 7.22. The number of thiocarbonyl (C=S) groups is 1. The highest BCUT2D eigenvalue weighted by Crippen LogP contribution is 2.22. The Hall–Kier alpha value is -2.80. The van der Waals surface area contributed by atoms with Gasteiger partial charge >= 0.3 is 0 Å². The molecule has 4 nitrogen and oxygen atoms in total. The van der Waals surface area contributed by atoms with Crippen LogP contribution in [-0.4, -0.2) is 17.6 Å². The fourth-order valence-electron chi connectivity index (χ4n) is 2.27. The normalized spacial score (nSPS) is 10.2. The van der Waals surface area contributed by atoms with Crippen LogP contribution in [0.3, 0.4) is 0 Å². The molecule has 1 amide bonds. The molecule has 0 saturated carbocycles. The Morgan fingerprint density at radius 2 is 1.85 bits per heavy atom. The van der Waals surface area contributed by atoms with E-state index < -0.39 is 11.7 Å². The van der Waals surface area contributed by atoms with Crippen LogP contribution in [0.25, 0.3) is 0 Å². The third-order valence-corrected chi connectivity index (χ3v) is 3.88. The molecule has 0 aromatic heterocycles. The molecule has 7 heteroatoms. The van der Waals surface area contributed by atoms with Crippen LogP contribution in [0.15, 0.2) is 43.0 Å². The molecule has 0 aliphatic heterocycles. The predicted octanol–water partition coefficient (Wildman–Crippen LogP) is 4.31. The number of hydrogen-bond acceptors (Lipinski definition) is 2. The summed E-state index contributed by atoms with van der Waals surface area (Å²) >= 11 is 5.06. The van der Waals surface area contributed by atoms with Crippen molar-refractivity contribution < 1.29 is 13.6 Å². The third-order valence-electron chi connectivity index (χ3n) is 3.63. The lowest BCUT2D eigenvalue weighted by Crippen LogP contribution is -2.29. The highest BCUT2D eigenvalue weighted by Gasteiger charge is 2.15. The van der Waals surface area contributed by atoms with Crippen molar-refractivity contribution in [3.63, 3.8) is 0 Å². The lowest BCUT2D eigenvalue weighted by Gasteiger charge is -2.14. The van der Waals surface area contributed by atoms with E-state index in [1.54, 1.807) is 19.9 Å². The molecule has 0 saturated heterocycles. The van der Waals surface area contributed by atoms with E-state index in [9.17, 15) is 13.6 Å². The van der Waals surface area contributed by atoms with Crippen molar-refractivity contribution in [2.24, 2.45) is 0 Å². The Labute approximate surface area is 156 Å². The van der Waals surface area contributed by atoms with Crippen molar-refractivity contribution in [3.05, 3.63) is 71.3 Å². The molecule has 26 heavy (non-hydrogen) atoms. The molecule has 0 aliphatic carbocycles. The van der Waals surface area contributed by atoms with Crippen LogP contribution >= 0.6 is 12.2 Å². The van der Waals surface area contributed by atoms with Crippen LogP contribution in [0.2, 0.25) is 0 Å². The molecule has 0 radical (unpaired) electrons. The summed E-state index contributed by atoms with van der Waals surface area (Å²) < 4.78 is 27.5. The average Bonchev–Trinajstić information content (AvgIpc) is 2.58. The lowest BCUT2D eigenvalue weighted by atomic mass is 10.1. The Balaban J connectivity index is 2.23. The molecule has 0 atom stereocenters. The minimum absolute atomic E-state index is 0.0811. The van der Waals surface area contributed by atoms with Crippen LogP contribution in [0.4, 0.5) is 20.2 Å². The Kier molecular flexibility index (Phi) is 6.41. The van der Waals surface area contributed by atoms with Crippen molar-refractivity contribution in [2.45, 2.75) is 13.8 Å². The van der Waals surface area contributed by atoms with Gasteiger partial charge in [0.2, 0.25) is 0 Å². The van der Waals surface area contributed by atoms with E-state index in [1.165, 1.54) is 30.3 Å². The zero-order valence-corrected chi connectivity index (χ0v) is 15.3. The second-order valence-corrected chi connectivity index (χ2v) is 6.10. The molecule has 3 N–H and O–H groups in total. The van der Waals surface area contributed by atoms with Crippen molar-refractivity contribution in [2.75, 3.05) is 17.2 Å².